The van der Waals surface area contributed by atoms with Crippen molar-refractivity contribution in [3.63, 3.8) is 0 Å². The lowest BCUT2D eigenvalue weighted by atomic mass is 10.1. The Hall–Kier alpha value is -1.14. The summed E-state index contributed by atoms with van der Waals surface area (Å²) in [6.07, 6.45) is 5.60. The summed E-state index contributed by atoms with van der Waals surface area (Å²) in [5.41, 5.74) is 0.863. The van der Waals surface area contributed by atoms with Gasteiger partial charge < -0.3 is 10.6 Å². The average Bonchev–Trinajstić information content (AvgIpc) is 2.57. The van der Waals surface area contributed by atoms with Gasteiger partial charge in [-0.05, 0) is 47.4 Å². The number of nitrogens with one attached hydrogen (secondary N) is 2. The molecule has 0 radical (unpaired) electrons. The van der Waals surface area contributed by atoms with E-state index in [1.807, 2.05) is 18.3 Å². The van der Waals surface area contributed by atoms with Crippen molar-refractivity contribution >= 4 is 27.5 Å². The van der Waals surface area contributed by atoms with Crippen LogP contribution in [0.4, 0.5) is 5.95 Å². The Balaban J connectivity index is 1.77. The quantitative estimate of drug-likeness (QED) is 0.891. The Morgan fingerprint density at radius 3 is 3.28 bits per heavy atom. The molecule has 5 nitrogen and oxygen atoms in total. The summed E-state index contributed by atoms with van der Waals surface area (Å²) in [6.45, 7) is 2.10. The SMILES string of the molecule is Brc1ccc2nc(NC3CCCCNC3)nn2c1. The first-order valence-corrected chi connectivity index (χ1v) is 7.10. The molecule has 3 rings (SSSR count). The number of halogens is 1. The first-order chi connectivity index (χ1) is 8.81. The molecular formula is C12H16BrN5. The molecule has 1 fully saturated rings. The Bertz CT molecular complexity index is 530. The normalized spacial score (nSPS) is 20.8. The molecule has 0 saturated carbocycles. The van der Waals surface area contributed by atoms with Gasteiger partial charge in [0.05, 0.1) is 0 Å². The van der Waals surface area contributed by atoms with Crippen LogP contribution in [0, 0.1) is 0 Å². The van der Waals surface area contributed by atoms with Gasteiger partial charge >= 0.3 is 0 Å². The third kappa shape index (κ3) is 2.64. The van der Waals surface area contributed by atoms with Crippen molar-refractivity contribution in [3.05, 3.63) is 22.8 Å². The maximum Gasteiger partial charge on any atom is 0.243 e. The van der Waals surface area contributed by atoms with Crippen LogP contribution < -0.4 is 10.6 Å². The first-order valence-electron chi connectivity index (χ1n) is 6.30. The highest BCUT2D eigenvalue weighted by Crippen LogP contribution is 2.14. The molecule has 0 aromatic carbocycles. The van der Waals surface area contributed by atoms with Gasteiger partial charge in [0.15, 0.2) is 5.65 Å². The molecule has 1 saturated heterocycles. The standard InChI is InChI=1S/C12H16BrN5/c13-9-4-5-11-16-12(17-18(11)8-9)15-10-3-1-2-6-14-7-10/h4-5,8,10,14H,1-3,6-7H2,(H,15,17). The van der Waals surface area contributed by atoms with Crippen LogP contribution in [0.15, 0.2) is 22.8 Å². The molecule has 1 atom stereocenters. The van der Waals surface area contributed by atoms with Crippen molar-refractivity contribution in [3.8, 4) is 0 Å². The van der Waals surface area contributed by atoms with Crippen molar-refractivity contribution in [2.45, 2.75) is 25.3 Å². The molecule has 2 N–H and O–H groups in total. The fraction of sp³-hybridized carbons (Fsp3) is 0.500. The van der Waals surface area contributed by atoms with Crippen LogP contribution in [0.5, 0.6) is 0 Å². The second kappa shape index (κ2) is 5.24. The average molecular weight is 310 g/mol. The van der Waals surface area contributed by atoms with E-state index < -0.39 is 0 Å². The number of hydrogen-bond acceptors (Lipinski definition) is 4. The summed E-state index contributed by atoms with van der Waals surface area (Å²) in [7, 11) is 0. The highest BCUT2D eigenvalue weighted by atomic mass is 79.9. The number of aromatic nitrogens is 3. The zero-order valence-electron chi connectivity index (χ0n) is 10.1. The fourth-order valence-electron chi connectivity index (χ4n) is 2.24. The molecule has 6 heteroatoms. The van der Waals surface area contributed by atoms with E-state index in [2.05, 4.69) is 36.6 Å². The topological polar surface area (TPSA) is 54.2 Å². The number of nitrogens with zero attached hydrogens (tertiary/aromatic N) is 3. The minimum absolute atomic E-state index is 0.424. The van der Waals surface area contributed by atoms with E-state index >= 15 is 0 Å². The molecule has 2 aromatic rings. The van der Waals surface area contributed by atoms with Gasteiger partial charge in [-0.15, -0.1) is 5.10 Å². The summed E-state index contributed by atoms with van der Waals surface area (Å²) in [5, 5.41) is 11.3. The van der Waals surface area contributed by atoms with E-state index in [1.165, 1.54) is 19.3 Å². The first kappa shape index (κ1) is 11.9. The summed E-state index contributed by atoms with van der Waals surface area (Å²) >= 11 is 3.43. The number of fused-ring (bicyclic) bond motifs is 1. The van der Waals surface area contributed by atoms with Crippen LogP contribution in [0.2, 0.25) is 0 Å². The Labute approximate surface area is 114 Å². The van der Waals surface area contributed by atoms with Crippen LogP contribution in [-0.4, -0.2) is 33.7 Å². The van der Waals surface area contributed by atoms with E-state index in [1.54, 1.807) is 4.52 Å². The minimum atomic E-state index is 0.424. The highest BCUT2D eigenvalue weighted by Gasteiger charge is 2.13. The highest BCUT2D eigenvalue weighted by molar-refractivity contribution is 9.10. The van der Waals surface area contributed by atoms with Gasteiger partial charge in [-0.2, -0.15) is 4.98 Å². The van der Waals surface area contributed by atoms with Gasteiger partial charge in [-0.1, -0.05) is 6.42 Å². The number of hydrogen-bond donors (Lipinski definition) is 2. The Morgan fingerprint density at radius 1 is 1.39 bits per heavy atom. The minimum Gasteiger partial charge on any atom is -0.349 e. The van der Waals surface area contributed by atoms with E-state index in [0.29, 0.717) is 12.0 Å². The van der Waals surface area contributed by atoms with Gasteiger partial charge in [-0.25, -0.2) is 4.52 Å². The number of pyridine rings is 1. The molecular weight excluding hydrogens is 294 g/mol. The van der Waals surface area contributed by atoms with Crippen LogP contribution in [0.1, 0.15) is 19.3 Å². The monoisotopic (exact) mass is 309 g/mol. The predicted octanol–water partition coefficient (Wildman–Crippen LogP) is 2.05. The summed E-state index contributed by atoms with van der Waals surface area (Å²) < 4.78 is 2.79. The van der Waals surface area contributed by atoms with E-state index in [0.717, 1.165) is 23.2 Å². The van der Waals surface area contributed by atoms with Gasteiger partial charge in [-0.3, -0.25) is 0 Å². The molecule has 0 spiro atoms. The molecule has 1 aliphatic rings. The Morgan fingerprint density at radius 2 is 2.33 bits per heavy atom. The molecule has 18 heavy (non-hydrogen) atoms. The lowest BCUT2D eigenvalue weighted by Gasteiger charge is -2.14. The van der Waals surface area contributed by atoms with Crippen molar-refractivity contribution < 1.29 is 0 Å². The second-order valence-corrected chi connectivity index (χ2v) is 5.54. The van der Waals surface area contributed by atoms with Gasteiger partial charge in [0, 0.05) is 23.3 Å². The molecule has 96 valence electrons. The maximum atomic E-state index is 4.47. The van der Waals surface area contributed by atoms with Crippen molar-refractivity contribution in [1.82, 2.24) is 19.9 Å². The van der Waals surface area contributed by atoms with Gasteiger partial charge in [0.25, 0.3) is 0 Å². The third-order valence-electron chi connectivity index (χ3n) is 3.17. The van der Waals surface area contributed by atoms with Gasteiger partial charge in [0.1, 0.15) is 0 Å². The molecule has 0 bridgehead atoms. The van der Waals surface area contributed by atoms with Gasteiger partial charge in [0.2, 0.25) is 5.95 Å². The second-order valence-electron chi connectivity index (χ2n) is 4.63. The number of anilines is 1. The maximum absolute atomic E-state index is 4.47. The summed E-state index contributed by atoms with van der Waals surface area (Å²) in [6, 6.07) is 4.35. The molecule has 1 unspecified atom stereocenters. The lowest BCUT2D eigenvalue weighted by molar-refractivity contribution is 0.631. The molecule has 1 aliphatic heterocycles. The molecule has 0 aliphatic carbocycles. The van der Waals surface area contributed by atoms with E-state index in [4.69, 9.17) is 0 Å². The van der Waals surface area contributed by atoms with Crippen molar-refractivity contribution in [1.29, 1.82) is 0 Å². The largest absolute Gasteiger partial charge is 0.349 e. The predicted molar refractivity (Wildman–Crippen MR) is 74.8 cm³/mol. The zero-order valence-corrected chi connectivity index (χ0v) is 11.7. The summed E-state index contributed by atoms with van der Waals surface area (Å²) in [4.78, 5) is 4.47. The van der Waals surface area contributed by atoms with Crippen molar-refractivity contribution in [2.24, 2.45) is 0 Å². The number of rotatable bonds is 2. The summed E-state index contributed by atoms with van der Waals surface area (Å²) in [5.74, 6) is 0.710. The fourth-order valence-corrected chi connectivity index (χ4v) is 2.57. The molecule has 3 heterocycles. The van der Waals surface area contributed by atoms with Crippen LogP contribution >= 0.6 is 15.9 Å². The molecule has 0 amide bonds. The van der Waals surface area contributed by atoms with E-state index in [9.17, 15) is 0 Å². The van der Waals surface area contributed by atoms with Crippen LogP contribution in [-0.2, 0) is 0 Å². The zero-order chi connectivity index (χ0) is 12.4. The Kier molecular flexibility index (Phi) is 3.47. The smallest absolute Gasteiger partial charge is 0.243 e. The lowest BCUT2D eigenvalue weighted by Crippen LogP contribution is -2.31. The third-order valence-corrected chi connectivity index (χ3v) is 3.64. The van der Waals surface area contributed by atoms with Crippen molar-refractivity contribution in [2.75, 3.05) is 18.4 Å². The molecule has 2 aromatic heterocycles. The van der Waals surface area contributed by atoms with Crippen LogP contribution in [0.25, 0.3) is 5.65 Å². The van der Waals surface area contributed by atoms with E-state index in [-0.39, 0.29) is 0 Å². The van der Waals surface area contributed by atoms with Crippen LogP contribution in [0.3, 0.4) is 0 Å².